The van der Waals surface area contributed by atoms with E-state index in [0.717, 1.165) is 11.3 Å². The van der Waals surface area contributed by atoms with Crippen molar-refractivity contribution in [1.29, 1.82) is 1.12 Å². The van der Waals surface area contributed by atoms with Gasteiger partial charge < -0.3 is 0 Å². The number of thiazole rings is 1. The van der Waals surface area contributed by atoms with Gasteiger partial charge in [0.1, 0.15) is 0 Å². The fraction of sp³-hybridized carbons (Fsp3) is 0. The molecule has 6 heteroatoms. The van der Waals surface area contributed by atoms with E-state index < -0.39 is 10.8 Å². The minimum absolute atomic E-state index is 0.218. The minimum atomic E-state index is -3.90. The summed E-state index contributed by atoms with van der Waals surface area (Å²) in [4.78, 5) is 3.61. The van der Waals surface area contributed by atoms with Gasteiger partial charge in [0.2, 0.25) is 10.8 Å². The molecule has 1 heterocycles. The largest absolute Gasteiger partial charge is 0.261 e. The summed E-state index contributed by atoms with van der Waals surface area (Å²) in [6, 6.07) is 0. The third-order valence-electron chi connectivity index (χ3n) is 0.603. The molecule has 0 aliphatic carbocycles. The van der Waals surface area contributed by atoms with Crippen molar-refractivity contribution in [2.75, 3.05) is 4.72 Å². The lowest BCUT2D eigenvalue weighted by Crippen LogP contribution is -1.92. The van der Waals surface area contributed by atoms with E-state index in [2.05, 4.69) is 4.98 Å². The van der Waals surface area contributed by atoms with Crippen LogP contribution in [0.3, 0.4) is 0 Å². The van der Waals surface area contributed by atoms with E-state index in [4.69, 9.17) is 1.12 Å². The minimum Gasteiger partial charge on any atom is -0.261 e. The molecule has 0 aliphatic rings. The van der Waals surface area contributed by atoms with E-state index >= 15 is 0 Å². The molecule has 1 rings (SSSR count). The van der Waals surface area contributed by atoms with Crippen LogP contribution >= 0.6 is 11.3 Å². The van der Waals surface area contributed by atoms with Crippen molar-refractivity contribution in [2.45, 2.75) is 0 Å². The number of rotatable bonds is 2. The van der Waals surface area contributed by atoms with Gasteiger partial charge in [0.25, 0.3) is 0 Å². The fourth-order valence-corrected chi connectivity index (χ4v) is 1.31. The number of aromatic nitrogens is 1. The van der Waals surface area contributed by atoms with E-state index in [-0.39, 0.29) is 5.13 Å². The summed E-state index contributed by atoms with van der Waals surface area (Å²) in [5.74, 6) is 0. The Kier molecular flexibility index (Phi) is 1.61. The Labute approximate surface area is 58.7 Å². The number of anilines is 1. The van der Waals surface area contributed by atoms with Crippen LogP contribution in [-0.2, 0) is 10.8 Å². The molecule has 1 aromatic rings. The van der Waals surface area contributed by atoms with Gasteiger partial charge in [-0.3, -0.25) is 4.72 Å². The van der Waals surface area contributed by atoms with Crippen LogP contribution in [0.4, 0.5) is 5.13 Å². The summed E-state index contributed by atoms with van der Waals surface area (Å²) in [6.07, 6.45) is 1.46. The smallest absolute Gasteiger partial charge is 0.224 e. The van der Waals surface area contributed by atoms with E-state index in [0.29, 0.717) is 0 Å². The first-order valence-corrected chi connectivity index (χ1v) is 4.00. The molecule has 0 atom stereocenters. The van der Waals surface area contributed by atoms with Crippen LogP contribution in [0.25, 0.3) is 0 Å². The van der Waals surface area contributed by atoms with Gasteiger partial charge in [0.05, 0.1) is 0 Å². The number of nitrogens with one attached hydrogen (secondary N) is 1. The first kappa shape index (κ1) is 5.19. The van der Waals surface area contributed by atoms with Gasteiger partial charge in [-0.15, -0.1) is 11.3 Å². The van der Waals surface area contributed by atoms with Crippen molar-refractivity contribution in [3.63, 3.8) is 0 Å². The lowest BCUT2D eigenvalue weighted by molar-refractivity contribution is 0.619. The predicted molar refractivity (Wildman–Crippen MR) is 36.1 cm³/mol. The highest BCUT2D eigenvalue weighted by Crippen LogP contribution is 2.08. The molecular weight excluding hydrogens is 160 g/mol. The Morgan fingerprint density at radius 1 is 1.89 bits per heavy atom. The maximum atomic E-state index is 10.2. The summed E-state index contributed by atoms with van der Waals surface area (Å²) in [7, 11) is -3.90. The van der Waals surface area contributed by atoms with E-state index in [1.165, 1.54) is 6.20 Å². The molecule has 0 radical (unpaired) electrons. The normalized spacial score (nSPS) is 12.7. The number of thiol groups is 1. The first-order valence-electron chi connectivity index (χ1n) is 2.45. The molecule has 0 saturated heterocycles. The Hall–Kier alpha value is -0.620. The van der Waals surface area contributed by atoms with Gasteiger partial charge in [0.15, 0.2) is 6.26 Å². The summed E-state index contributed by atoms with van der Waals surface area (Å²) in [5.41, 5.74) is 0. The molecule has 1 N–H and O–H groups in total. The lowest BCUT2D eigenvalue weighted by Gasteiger charge is -1.85. The van der Waals surface area contributed by atoms with Crippen LogP contribution in [0, 0.1) is 0 Å². The maximum Gasteiger partial charge on any atom is 0.224 e. The Morgan fingerprint density at radius 3 is 3.11 bits per heavy atom. The topological polar surface area (TPSA) is 59.1 Å². The lowest BCUT2D eigenvalue weighted by atomic mass is 11.0. The zero-order chi connectivity index (χ0) is 7.61. The van der Waals surface area contributed by atoms with Crippen molar-refractivity contribution >= 4 is 27.3 Å². The number of nitrogens with zero attached hydrogens (tertiary/aromatic N) is 1. The van der Waals surface area contributed by atoms with Crippen molar-refractivity contribution in [1.82, 2.24) is 4.98 Å². The van der Waals surface area contributed by atoms with Crippen molar-refractivity contribution in [2.24, 2.45) is 0 Å². The fourth-order valence-electron chi connectivity index (χ4n) is 0.345. The highest BCUT2D eigenvalue weighted by molar-refractivity contribution is 7.74. The Bertz CT molecular complexity index is 292. The molecule has 0 amide bonds. The quantitative estimate of drug-likeness (QED) is 0.612. The SMILES string of the molecule is [3H]S(=O)(=O)Nc1nccs1. The van der Waals surface area contributed by atoms with Gasteiger partial charge in [0, 0.05) is 11.6 Å². The Balaban J connectivity index is 2.75. The highest BCUT2D eigenvalue weighted by atomic mass is 32.2. The molecule has 50 valence electrons. The van der Waals surface area contributed by atoms with Crippen molar-refractivity contribution < 1.29 is 8.42 Å². The molecule has 0 fully saturated rings. The predicted octanol–water partition coefficient (Wildman–Crippen LogP) is 0.0814. The highest BCUT2D eigenvalue weighted by Gasteiger charge is 1.90. The first-order chi connectivity index (χ1) is 4.58. The second-order valence-electron chi connectivity index (χ2n) is 1.17. The monoisotopic (exact) mass is 166 g/mol. The molecule has 0 unspecified atom stereocenters. The van der Waals surface area contributed by atoms with Gasteiger partial charge in [-0.05, 0) is 0 Å². The Morgan fingerprint density at radius 2 is 2.67 bits per heavy atom. The maximum absolute atomic E-state index is 10.2. The van der Waals surface area contributed by atoms with Crippen LogP contribution in [-0.4, -0.2) is 14.5 Å². The third-order valence-corrected chi connectivity index (χ3v) is 1.78. The van der Waals surface area contributed by atoms with Crippen LogP contribution in [0.1, 0.15) is 0 Å². The molecule has 0 aromatic carbocycles. The molecule has 0 spiro atoms. The van der Waals surface area contributed by atoms with Gasteiger partial charge in [-0.25, -0.2) is 13.4 Å². The van der Waals surface area contributed by atoms with Crippen LogP contribution < -0.4 is 4.72 Å². The summed E-state index contributed by atoms with van der Waals surface area (Å²) >= 11 is 1.13. The van der Waals surface area contributed by atoms with Crippen LogP contribution in [0.5, 0.6) is 0 Å². The molecule has 0 bridgehead atoms. The van der Waals surface area contributed by atoms with E-state index in [1.807, 2.05) is 4.72 Å². The molecule has 9 heavy (non-hydrogen) atoms. The summed E-state index contributed by atoms with van der Waals surface area (Å²) in [5, 5.41) is 1.84. The van der Waals surface area contributed by atoms with Crippen LogP contribution in [0.15, 0.2) is 11.6 Å². The zero-order valence-corrected chi connectivity index (χ0v) is 5.87. The summed E-state index contributed by atoms with van der Waals surface area (Å²) < 4.78 is 28.8. The second kappa shape index (κ2) is 2.79. The van der Waals surface area contributed by atoms with E-state index in [9.17, 15) is 8.42 Å². The average molecular weight is 166 g/mol. The molecule has 0 saturated carbocycles. The number of hydrogen-bond acceptors (Lipinski definition) is 4. The summed E-state index contributed by atoms with van der Waals surface area (Å²) in [6.45, 7) is 0. The standard InChI is InChI=1S/C3H4N2O2S2/c6-9(7)5-3-4-1-2-8-3/h1-2,9H,(H,4,5,6,7)/i9T. The van der Waals surface area contributed by atoms with Gasteiger partial charge in [-0.2, -0.15) is 0 Å². The molecule has 0 aliphatic heterocycles. The third kappa shape index (κ3) is 1.98. The van der Waals surface area contributed by atoms with Gasteiger partial charge in [-0.1, -0.05) is 0 Å². The molecular formula is C3H4N2O2S2. The molecule has 1 aromatic heterocycles. The van der Waals surface area contributed by atoms with Gasteiger partial charge >= 0.3 is 0 Å². The van der Waals surface area contributed by atoms with E-state index in [1.54, 1.807) is 5.38 Å². The van der Waals surface area contributed by atoms with Crippen LogP contribution in [0.2, 0.25) is 0 Å². The second-order valence-corrected chi connectivity index (χ2v) is 2.74. The average Bonchev–Trinajstić information content (AvgIpc) is 2.12. The van der Waals surface area contributed by atoms with Crippen molar-refractivity contribution in [3.8, 4) is 0 Å². The number of hydrogen-bond donors (Lipinski definition) is 2. The zero-order valence-electron chi connectivity index (χ0n) is 5.23. The molecule has 4 nitrogen and oxygen atoms in total. The van der Waals surface area contributed by atoms with Crippen molar-refractivity contribution in [3.05, 3.63) is 11.6 Å².